The second kappa shape index (κ2) is 9.09. The summed E-state index contributed by atoms with van der Waals surface area (Å²) in [6, 6.07) is 11.4. The second-order valence-corrected chi connectivity index (χ2v) is 7.56. The molecule has 0 aliphatic carbocycles. The number of hydrogen-bond acceptors (Lipinski definition) is 5. The molecule has 4 rings (SSSR count). The summed E-state index contributed by atoms with van der Waals surface area (Å²) < 4.78 is 7.53. The molecule has 1 aromatic carbocycles. The van der Waals surface area contributed by atoms with Gasteiger partial charge in [0.05, 0.1) is 18.6 Å². The first kappa shape index (κ1) is 19.4. The highest BCUT2D eigenvalue weighted by atomic mass is 16.5. The molecule has 154 valence electrons. The molecule has 29 heavy (non-hydrogen) atoms. The van der Waals surface area contributed by atoms with Crippen LogP contribution in [0.15, 0.2) is 42.6 Å². The maximum atomic E-state index is 12.6. The van der Waals surface area contributed by atoms with Gasteiger partial charge in [0.2, 0.25) is 5.91 Å². The van der Waals surface area contributed by atoms with Crippen molar-refractivity contribution in [2.45, 2.75) is 31.3 Å². The van der Waals surface area contributed by atoms with Crippen molar-refractivity contribution in [2.75, 3.05) is 32.8 Å². The zero-order chi connectivity index (χ0) is 20.1. The lowest BCUT2D eigenvalue weighted by Gasteiger charge is -2.22. The molecule has 2 aliphatic rings. The van der Waals surface area contributed by atoms with Gasteiger partial charge < -0.3 is 20.3 Å². The van der Waals surface area contributed by atoms with Gasteiger partial charge in [-0.25, -0.2) is 0 Å². The SMILES string of the molecule is O=C(NC1CC(=O)N(CCOc2ccccc2)C1)c1ccn(C2CCCNC2)n1. The molecule has 2 amide bonds. The Kier molecular flexibility index (Phi) is 6.09. The number of nitrogens with one attached hydrogen (secondary N) is 2. The molecule has 8 nitrogen and oxygen atoms in total. The summed E-state index contributed by atoms with van der Waals surface area (Å²) in [5, 5.41) is 10.7. The monoisotopic (exact) mass is 397 g/mol. The van der Waals surface area contributed by atoms with Gasteiger partial charge in [-0.1, -0.05) is 18.2 Å². The van der Waals surface area contributed by atoms with Crippen molar-refractivity contribution in [3.8, 4) is 5.75 Å². The van der Waals surface area contributed by atoms with E-state index in [0.717, 1.165) is 31.7 Å². The number of ether oxygens (including phenoxy) is 1. The molecule has 2 atom stereocenters. The third-order valence-electron chi connectivity index (χ3n) is 5.41. The van der Waals surface area contributed by atoms with Gasteiger partial charge in [0.1, 0.15) is 18.1 Å². The van der Waals surface area contributed by atoms with Crippen LogP contribution in [-0.2, 0) is 4.79 Å². The molecule has 2 aliphatic heterocycles. The number of carbonyl (C=O) groups excluding carboxylic acids is 2. The van der Waals surface area contributed by atoms with Crippen LogP contribution in [0.4, 0.5) is 0 Å². The fraction of sp³-hybridized carbons (Fsp3) is 0.476. The van der Waals surface area contributed by atoms with Crippen molar-refractivity contribution in [1.82, 2.24) is 25.3 Å². The van der Waals surface area contributed by atoms with E-state index in [1.165, 1.54) is 0 Å². The maximum Gasteiger partial charge on any atom is 0.272 e. The van der Waals surface area contributed by atoms with Crippen LogP contribution in [0.2, 0.25) is 0 Å². The van der Waals surface area contributed by atoms with E-state index in [0.29, 0.717) is 37.9 Å². The largest absolute Gasteiger partial charge is 0.492 e. The highest BCUT2D eigenvalue weighted by molar-refractivity contribution is 5.93. The molecule has 2 saturated heterocycles. The number of aromatic nitrogens is 2. The van der Waals surface area contributed by atoms with E-state index in [1.54, 1.807) is 11.0 Å². The molecule has 0 radical (unpaired) electrons. The first-order valence-corrected chi connectivity index (χ1v) is 10.2. The van der Waals surface area contributed by atoms with E-state index in [2.05, 4.69) is 15.7 Å². The number of nitrogens with zero attached hydrogens (tertiary/aromatic N) is 3. The predicted octanol–water partition coefficient (Wildman–Crippen LogP) is 1.22. The first-order chi connectivity index (χ1) is 14.2. The number of amides is 2. The van der Waals surface area contributed by atoms with Gasteiger partial charge >= 0.3 is 0 Å². The Labute approximate surface area is 170 Å². The molecule has 0 bridgehead atoms. The number of carbonyl (C=O) groups is 2. The summed E-state index contributed by atoms with van der Waals surface area (Å²) in [6.07, 6.45) is 4.34. The lowest BCUT2D eigenvalue weighted by Crippen LogP contribution is -2.38. The molecular formula is C21H27N5O3. The standard InChI is InChI=1S/C21H27N5O3/c27-20-13-16(15-25(20)11-12-29-18-6-2-1-3-7-18)23-21(28)19-8-10-26(24-19)17-5-4-9-22-14-17/h1-3,6-8,10,16-17,22H,4-5,9,11-15H2,(H,23,28). The number of piperidine rings is 1. The van der Waals surface area contributed by atoms with Gasteiger partial charge in [-0.3, -0.25) is 14.3 Å². The van der Waals surface area contributed by atoms with E-state index in [9.17, 15) is 9.59 Å². The van der Waals surface area contributed by atoms with Crippen LogP contribution in [0.25, 0.3) is 0 Å². The highest BCUT2D eigenvalue weighted by Crippen LogP contribution is 2.16. The number of benzene rings is 1. The molecule has 2 aromatic rings. The highest BCUT2D eigenvalue weighted by Gasteiger charge is 2.31. The molecule has 8 heteroatoms. The average Bonchev–Trinajstić information content (AvgIpc) is 3.37. The van der Waals surface area contributed by atoms with E-state index < -0.39 is 0 Å². The van der Waals surface area contributed by atoms with Crippen molar-refractivity contribution in [2.24, 2.45) is 0 Å². The number of likely N-dealkylation sites (tertiary alicyclic amines) is 1. The van der Waals surface area contributed by atoms with Crippen LogP contribution in [0.1, 0.15) is 35.8 Å². The molecular weight excluding hydrogens is 370 g/mol. The molecule has 1 aromatic heterocycles. The zero-order valence-electron chi connectivity index (χ0n) is 16.4. The fourth-order valence-corrected chi connectivity index (χ4v) is 3.86. The molecule has 3 heterocycles. The Bertz CT molecular complexity index is 832. The lowest BCUT2D eigenvalue weighted by atomic mass is 10.1. The Balaban J connectivity index is 1.25. The van der Waals surface area contributed by atoms with Crippen LogP contribution in [0, 0.1) is 0 Å². The topological polar surface area (TPSA) is 88.5 Å². The van der Waals surface area contributed by atoms with Crippen molar-refractivity contribution < 1.29 is 14.3 Å². The van der Waals surface area contributed by atoms with Gasteiger partial charge in [0, 0.05) is 25.7 Å². The summed E-state index contributed by atoms with van der Waals surface area (Å²) in [5.41, 5.74) is 0.397. The smallest absolute Gasteiger partial charge is 0.272 e. The van der Waals surface area contributed by atoms with Crippen LogP contribution >= 0.6 is 0 Å². The molecule has 2 fully saturated rings. The molecule has 0 saturated carbocycles. The van der Waals surface area contributed by atoms with Gasteiger partial charge in [-0.15, -0.1) is 0 Å². The number of para-hydroxylation sites is 1. The Morgan fingerprint density at radius 3 is 2.93 bits per heavy atom. The van der Waals surface area contributed by atoms with Crippen molar-refractivity contribution in [3.63, 3.8) is 0 Å². The van der Waals surface area contributed by atoms with Crippen LogP contribution in [0.3, 0.4) is 0 Å². The summed E-state index contributed by atoms with van der Waals surface area (Å²) in [4.78, 5) is 26.5. The van der Waals surface area contributed by atoms with Crippen LogP contribution in [0.5, 0.6) is 5.75 Å². The van der Waals surface area contributed by atoms with Crippen molar-refractivity contribution in [3.05, 3.63) is 48.3 Å². The quantitative estimate of drug-likeness (QED) is 0.733. The van der Waals surface area contributed by atoms with Crippen molar-refractivity contribution in [1.29, 1.82) is 0 Å². The van der Waals surface area contributed by atoms with Gasteiger partial charge in [-0.2, -0.15) is 5.10 Å². The number of rotatable bonds is 7. The van der Waals surface area contributed by atoms with Gasteiger partial charge in [0.25, 0.3) is 5.91 Å². The fourth-order valence-electron chi connectivity index (χ4n) is 3.86. The van der Waals surface area contributed by atoms with E-state index >= 15 is 0 Å². The third kappa shape index (κ3) is 4.95. The number of hydrogen-bond donors (Lipinski definition) is 2. The van der Waals surface area contributed by atoms with E-state index in [-0.39, 0.29) is 17.9 Å². The second-order valence-electron chi connectivity index (χ2n) is 7.56. The van der Waals surface area contributed by atoms with Crippen LogP contribution in [-0.4, -0.2) is 65.3 Å². The lowest BCUT2D eigenvalue weighted by molar-refractivity contribution is -0.128. The Hall–Kier alpha value is -2.87. The van der Waals surface area contributed by atoms with E-state index in [4.69, 9.17) is 4.74 Å². The summed E-state index contributed by atoms with van der Waals surface area (Å²) in [7, 11) is 0. The minimum Gasteiger partial charge on any atom is -0.492 e. The molecule has 2 N–H and O–H groups in total. The normalized spacial score (nSPS) is 21.9. The summed E-state index contributed by atoms with van der Waals surface area (Å²) in [5.74, 6) is 0.589. The first-order valence-electron chi connectivity index (χ1n) is 10.2. The Morgan fingerprint density at radius 2 is 2.14 bits per heavy atom. The zero-order valence-corrected chi connectivity index (χ0v) is 16.4. The summed E-state index contributed by atoms with van der Waals surface area (Å²) >= 11 is 0. The molecule has 0 spiro atoms. The predicted molar refractivity (Wildman–Crippen MR) is 108 cm³/mol. The van der Waals surface area contributed by atoms with Gasteiger partial charge in [-0.05, 0) is 37.6 Å². The van der Waals surface area contributed by atoms with Gasteiger partial charge in [0.15, 0.2) is 0 Å². The minimum absolute atomic E-state index is 0.0331. The maximum absolute atomic E-state index is 12.6. The van der Waals surface area contributed by atoms with Crippen molar-refractivity contribution >= 4 is 11.8 Å². The Morgan fingerprint density at radius 1 is 1.28 bits per heavy atom. The molecule has 2 unspecified atom stereocenters. The minimum atomic E-state index is -0.229. The summed E-state index contributed by atoms with van der Waals surface area (Å²) in [6.45, 7) is 3.34. The average molecular weight is 397 g/mol. The van der Waals surface area contributed by atoms with E-state index in [1.807, 2.05) is 41.2 Å². The third-order valence-corrected chi connectivity index (χ3v) is 5.41. The van der Waals surface area contributed by atoms with Crippen LogP contribution < -0.4 is 15.4 Å².